The predicted molar refractivity (Wildman–Crippen MR) is 36.0 cm³/mol. The van der Waals surface area contributed by atoms with Crippen molar-refractivity contribution in [2.45, 2.75) is 25.0 Å². The van der Waals surface area contributed by atoms with Crippen LogP contribution in [0, 0.1) is 17.8 Å². The Morgan fingerprint density at radius 1 is 1.36 bits per heavy atom. The molecule has 3 rings (SSSR count). The third-order valence-corrected chi connectivity index (χ3v) is 3.32. The van der Waals surface area contributed by atoms with Crippen LogP contribution in [-0.4, -0.2) is 23.3 Å². The molecule has 3 fully saturated rings. The van der Waals surface area contributed by atoms with Crippen molar-refractivity contribution in [2.75, 3.05) is 0 Å². The average molecular weight is 154 g/mol. The van der Waals surface area contributed by atoms with E-state index in [1.54, 1.807) is 0 Å². The van der Waals surface area contributed by atoms with E-state index in [4.69, 9.17) is 9.84 Å². The average Bonchev–Trinajstić information content (AvgIpc) is 2.57. The van der Waals surface area contributed by atoms with Crippen LogP contribution in [0.25, 0.3) is 0 Å². The lowest BCUT2D eigenvalue weighted by Crippen LogP contribution is -2.26. The molecule has 0 aromatic carbocycles. The molecule has 1 aliphatic carbocycles. The Morgan fingerprint density at radius 2 is 2.18 bits per heavy atom. The van der Waals surface area contributed by atoms with E-state index in [2.05, 4.69) is 0 Å². The van der Waals surface area contributed by atoms with Crippen molar-refractivity contribution in [1.29, 1.82) is 0 Å². The molecule has 0 spiro atoms. The third-order valence-electron chi connectivity index (χ3n) is 3.32. The van der Waals surface area contributed by atoms with Gasteiger partial charge in [-0.15, -0.1) is 0 Å². The monoisotopic (exact) mass is 154 g/mol. The highest BCUT2D eigenvalue weighted by molar-refractivity contribution is 5.71. The molecule has 0 aromatic heterocycles. The zero-order valence-corrected chi connectivity index (χ0v) is 6.06. The van der Waals surface area contributed by atoms with Gasteiger partial charge < -0.3 is 9.84 Å². The lowest BCUT2D eigenvalue weighted by atomic mass is 9.89. The van der Waals surface area contributed by atoms with Crippen molar-refractivity contribution >= 4 is 5.97 Å². The molecule has 3 nitrogen and oxygen atoms in total. The van der Waals surface area contributed by atoms with Gasteiger partial charge >= 0.3 is 5.97 Å². The number of aliphatic carboxylic acids is 1. The van der Waals surface area contributed by atoms with Crippen molar-refractivity contribution in [3.05, 3.63) is 0 Å². The number of ether oxygens (including phenoxy) is 1. The molecule has 0 amide bonds. The Kier molecular flexibility index (Phi) is 0.876. The smallest absolute Gasteiger partial charge is 0.309 e. The van der Waals surface area contributed by atoms with E-state index in [-0.39, 0.29) is 12.0 Å². The first-order valence-corrected chi connectivity index (χ1v) is 4.15. The SMILES string of the molecule is O=C(O)[C@@H]1C[C@H]2O[C@H]1[C@@H]1C[C@H]12. The summed E-state index contributed by atoms with van der Waals surface area (Å²) in [5.74, 6) is 0.483. The summed E-state index contributed by atoms with van der Waals surface area (Å²) in [4.78, 5) is 10.7. The third kappa shape index (κ3) is 0.601. The van der Waals surface area contributed by atoms with Gasteiger partial charge in [0.05, 0.1) is 18.1 Å². The van der Waals surface area contributed by atoms with Crippen LogP contribution in [0.5, 0.6) is 0 Å². The maximum absolute atomic E-state index is 10.7. The minimum Gasteiger partial charge on any atom is -0.481 e. The van der Waals surface area contributed by atoms with Gasteiger partial charge in [0.1, 0.15) is 0 Å². The molecule has 0 radical (unpaired) electrons. The van der Waals surface area contributed by atoms with Gasteiger partial charge in [-0.1, -0.05) is 0 Å². The number of carboxylic acids is 1. The second-order valence-electron chi connectivity index (χ2n) is 3.88. The summed E-state index contributed by atoms with van der Waals surface area (Å²) in [6, 6.07) is 0. The van der Waals surface area contributed by atoms with E-state index in [0.29, 0.717) is 12.0 Å². The number of carbonyl (C=O) groups is 1. The summed E-state index contributed by atoms with van der Waals surface area (Å²) in [5, 5.41) is 8.79. The zero-order chi connectivity index (χ0) is 7.59. The highest BCUT2D eigenvalue weighted by Gasteiger charge is 2.64. The largest absolute Gasteiger partial charge is 0.481 e. The second kappa shape index (κ2) is 1.61. The molecule has 2 bridgehead atoms. The topological polar surface area (TPSA) is 46.5 Å². The summed E-state index contributed by atoms with van der Waals surface area (Å²) in [5.41, 5.74) is 0. The maximum atomic E-state index is 10.7. The fourth-order valence-electron chi connectivity index (χ4n) is 2.69. The normalized spacial score (nSPS) is 57.6. The molecular weight excluding hydrogens is 144 g/mol. The molecule has 5 atom stereocenters. The second-order valence-corrected chi connectivity index (χ2v) is 3.88. The molecule has 2 heterocycles. The summed E-state index contributed by atoms with van der Waals surface area (Å²) < 4.78 is 5.53. The van der Waals surface area contributed by atoms with Crippen LogP contribution in [0.1, 0.15) is 12.8 Å². The van der Waals surface area contributed by atoms with Crippen molar-refractivity contribution in [2.24, 2.45) is 17.8 Å². The molecule has 3 aliphatic rings. The minimum atomic E-state index is -0.664. The first-order chi connectivity index (χ1) is 5.27. The van der Waals surface area contributed by atoms with Gasteiger partial charge in [0, 0.05) is 0 Å². The molecule has 1 N–H and O–H groups in total. The zero-order valence-electron chi connectivity index (χ0n) is 6.06. The fraction of sp³-hybridized carbons (Fsp3) is 0.875. The molecule has 2 aliphatic heterocycles. The Balaban J connectivity index is 1.87. The van der Waals surface area contributed by atoms with E-state index < -0.39 is 5.97 Å². The van der Waals surface area contributed by atoms with Crippen LogP contribution in [-0.2, 0) is 9.53 Å². The summed E-state index contributed by atoms with van der Waals surface area (Å²) in [7, 11) is 0. The van der Waals surface area contributed by atoms with Gasteiger partial charge in [0.25, 0.3) is 0 Å². The van der Waals surface area contributed by atoms with Crippen LogP contribution >= 0.6 is 0 Å². The molecule has 0 aromatic rings. The van der Waals surface area contributed by atoms with Crippen LogP contribution in [0.4, 0.5) is 0 Å². The van der Waals surface area contributed by atoms with Crippen molar-refractivity contribution in [3.8, 4) is 0 Å². The van der Waals surface area contributed by atoms with E-state index in [1.165, 1.54) is 6.42 Å². The van der Waals surface area contributed by atoms with E-state index in [9.17, 15) is 4.79 Å². The number of rotatable bonds is 1. The van der Waals surface area contributed by atoms with Crippen molar-refractivity contribution < 1.29 is 14.6 Å². The highest BCUT2D eigenvalue weighted by Crippen LogP contribution is 2.60. The van der Waals surface area contributed by atoms with Crippen molar-refractivity contribution in [3.63, 3.8) is 0 Å². The van der Waals surface area contributed by atoms with Crippen LogP contribution < -0.4 is 0 Å². The predicted octanol–water partition coefficient (Wildman–Crippen LogP) is 0.494. The Hall–Kier alpha value is -0.570. The number of hydrogen-bond donors (Lipinski definition) is 1. The van der Waals surface area contributed by atoms with Crippen LogP contribution in [0.3, 0.4) is 0 Å². The van der Waals surface area contributed by atoms with E-state index in [0.717, 1.165) is 12.3 Å². The standard InChI is InChI=1S/C8H10O3/c9-8(10)5-2-6-3-1-4(3)7(5)11-6/h3-7H,1-2H2,(H,9,10)/t3-,4-,5-,6-,7+/m1/s1. The number of carboxylic acid groups (broad SMARTS) is 1. The van der Waals surface area contributed by atoms with Gasteiger partial charge in [0.15, 0.2) is 0 Å². The first-order valence-electron chi connectivity index (χ1n) is 4.15. The Morgan fingerprint density at radius 3 is 2.73 bits per heavy atom. The highest BCUT2D eigenvalue weighted by atomic mass is 16.5. The van der Waals surface area contributed by atoms with Crippen LogP contribution in [0.15, 0.2) is 0 Å². The van der Waals surface area contributed by atoms with Gasteiger partial charge in [0.2, 0.25) is 0 Å². The van der Waals surface area contributed by atoms with Crippen LogP contribution in [0.2, 0.25) is 0 Å². The minimum absolute atomic E-state index is 0.0718. The summed E-state index contributed by atoms with van der Waals surface area (Å²) >= 11 is 0. The maximum Gasteiger partial charge on any atom is 0.309 e. The number of fused-ring (bicyclic) bond motifs is 5. The van der Waals surface area contributed by atoms with E-state index in [1.807, 2.05) is 0 Å². The van der Waals surface area contributed by atoms with Crippen molar-refractivity contribution in [1.82, 2.24) is 0 Å². The van der Waals surface area contributed by atoms with Gasteiger partial charge in [-0.3, -0.25) is 4.79 Å². The molecule has 60 valence electrons. The molecule has 11 heavy (non-hydrogen) atoms. The molecule has 0 unspecified atom stereocenters. The van der Waals surface area contributed by atoms with E-state index >= 15 is 0 Å². The summed E-state index contributed by atoms with van der Waals surface area (Å²) in [6.07, 6.45) is 2.36. The number of hydrogen-bond acceptors (Lipinski definition) is 2. The van der Waals surface area contributed by atoms with Gasteiger partial charge in [-0.2, -0.15) is 0 Å². The molecule has 3 heteroatoms. The Bertz CT molecular complexity index is 225. The Labute approximate surface area is 64.3 Å². The fourth-order valence-corrected chi connectivity index (χ4v) is 2.69. The lowest BCUT2D eigenvalue weighted by Gasteiger charge is -2.12. The van der Waals surface area contributed by atoms with Gasteiger partial charge in [-0.05, 0) is 24.7 Å². The lowest BCUT2D eigenvalue weighted by molar-refractivity contribution is -0.143. The molecule has 2 saturated heterocycles. The molecule has 1 saturated carbocycles. The first kappa shape index (κ1) is 6.00. The quantitative estimate of drug-likeness (QED) is 0.598. The molecular formula is C8H10O3. The summed E-state index contributed by atoms with van der Waals surface area (Å²) in [6.45, 7) is 0. The van der Waals surface area contributed by atoms with Gasteiger partial charge in [-0.25, -0.2) is 0 Å².